The molecule has 408 valence electrons. The minimum Gasteiger partial charge on any atom is -0.379 e. The monoisotopic (exact) mass is 1010 g/mol. The predicted octanol–water partition coefficient (Wildman–Crippen LogP) is 3.26. The van der Waals surface area contributed by atoms with Gasteiger partial charge in [-0.15, -0.1) is 0 Å². The quantitative estimate of drug-likeness (QED) is 0.307. The number of piperidine rings is 1. The maximum atomic E-state index is 10.8. The van der Waals surface area contributed by atoms with Crippen LogP contribution in [0.25, 0.3) is 0 Å². The number of likely N-dealkylation sites (tertiary alicyclic amines) is 3. The minimum atomic E-state index is -2.66. The van der Waals surface area contributed by atoms with E-state index in [0.717, 1.165) is 39.4 Å². The first-order valence-electron chi connectivity index (χ1n) is 27.3. The van der Waals surface area contributed by atoms with E-state index in [1.165, 1.54) is 193 Å². The van der Waals surface area contributed by atoms with E-state index in [1.807, 2.05) is 11.9 Å². The van der Waals surface area contributed by atoms with Gasteiger partial charge in [0.05, 0.1) is 24.7 Å². The zero-order chi connectivity index (χ0) is 50.3. The van der Waals surface area contributed by atoms with Crippen molar-refractivity contribution in [3.05, 3.63) is 0 Å². The van der Waals surface area contributed by atoms with E-state index in [0.29, 0.717) is 36.7 Å². The van der Waals surface area contributed by atoms with Crippen LogP contribution < -0.4 is 16.8 Å². The molecule has 9 fully saturated rings. The number of hydrogen-bond donors (Lipinski definition) is 3. The molecule has 1 saturated carbocycles. The van der Waals surface area contributed by atoms with E-state index in [9.17, 15) is 8.42 Å². The zero-order valence-corrected chi connectivity index (χ0v) is 47.8. The van der Waals surface area contributed by atoms with E-state index in [4.69, 9.17) is 16.2 Å². The normalized spacial score (nSPS) is 26.7. The molecule has 17 heteroatoms. The second-order valence-corrected chi connectivity index (χ2v) is 24.6. The second kappa shape index (κ2) is 43.2. The Bertz CT molecular complexity index is 1090. The van der Waals surface area contributed by atoms with Gasteiger partial charge in [0, 0.05) is 115 Å². The Morgan fingerprint density at radius 2 is 0.721 bits per heavy atom. The van der Waals surface area contributed by atoms with E-state index < -0.39 is 9.84 Å². The number of nitrogens with one attached hydrogen (secondary N) is 1. The Labute approximate surface area is 426 Å². The van der Waals surface area contributed by atoms with Crippen molar-refractivity contribution in [2.75, 3.05) is 231 Å². The first-order valence-corrected chi connectivity index (χ1v) is 30.3. The standard InChI is InChI=1S/C7H16N2.C7H15N.C6H14N2.C6H13N.C5H12N2.C5H11NO2S.C5H11NO.C5H11NS.C5H11N/c1-9-5-2-3-7(8)4-6-9;8-7-5-3-1-2-4-6-7;1-7-3-5-8(2)6-4-7;1-7-5-3-2-4-6-7;1-7-4-2-6-3-5-7;1-6-2-4-9(7,8)5-3-6;2*1-6-2-4-7-5-3-6;1-6-4-2-3-5-6/h7H,2-6,8H2,1H3;7H,1-6,8H2;3-6H2,1-2H3;2-6H2,1H3;6H,2-5H2,1H3;2-5H2,1H3;2*2-5H2,1H3;2-5H2,1H3. The van der Waals surface area contributed by atoms with Gasteiger partial charge in [0.15, 0.2) is 9.84 Å². The summed E-state index contributed by atoms with van der Waals surface area (Å²) in [5.41, 5.74) is 11.5. The topological polar surface area (TPSA) is 137 Å². The summed E-state index contributed by atoms with van der Waals surface area (Å²) in [6.07, 6.45) is 18.8. The maximum Gasteiger partial charge on any atom is 0.152 e. The summed E-state index contributed by atoms with van der Waals surface area (Å²) >= 11 is 2.06. The van der Waals surface area contributed by atoms with Gasteiger partial charge in [-0.3, -0.25) is 0 Å². The number of ether oxygens (including phenoxy) is 1. The van der Waals surface area contributed by atoms with E-state index >= 15 is 0 Å². The first-order chi connectivity index (χ1) is 32.5. The number of likely N-dealkylation sites (N-methyl/N-ethyl adjacent to an activating group) is 4. The maximum absolute atomic E-state index is 10.8. The Hall–Kier alpha value is -0.220. The van der Waals surface area contributed by atoms with Crippen molar-refractivity contribution in [3.8, 4) is 0 Å². The van der Waals surface area contributed by atoms with Crippen LogP contribution in [-0.4, -0.2) is 295 Å². The molecule has 0 aromatic heterocycles. The molecule has 68 heavy (non-hydrogen) atoms. The smallest absolute Gasteiger partial charge is 0.152 e. The summed E-state index contributed by atoms with van der Waals surface area (Å²) in [5.74, 6) is 3.33. The van der Waals surface area contributed by atoms with Gasteiger partial charge in [-0.1, -0.05) is 32.1 Å². The number of rotatable bonds is 0. The van der Waals surface area contributed by atoms with Crippen LogP contribution in [0.5, 0.6) is 0 Å². The van der Waals surface area contributed by atoms with Gasteiger partial charge >= 0.3 is 0 Å². The predicted molar refractivity (Wildman–Crippen MR) is 298 cm³/mol. The van der Waals surface area contributed by atoms with Crippen molar-refractivity contribution in [2.45, 2.75) is 102 Å². The van der Waals surface area contributed by atoms with Crippen molar-refractivity contribution in [1.82, 2.24) is 49.4 Å². The lowest BCUT2D eigenvalue weighted by Crippen LogP contribution is -2.42. The van der Waals surface area contributed by atoms with E-state index in [-0.39, 0.29) is 0 Å². The highest BCUT2D eigenvalue weighted by molar-refractivity contribution is 7.99. The molecule has 1 atom stereocenters. The number of thioether (sulfide) groups is 1. The molecular weight excluding hydrogens is 893 g/mol. The molecule has 0 radical (unpaired) electrons. The van der Waals surface area contributed by atoms with Crippen LogP contribution in [0.2, 0.25) is 0 Å². The zero-order valence-electron chi connectivity index (χ0n) is 46.2. The summed E-state index contributed by atoms with van der Waals surface area (Å²) < 4.78 is 26.6. The molecule has 1 unspecified atom stereocenters. The van der Waals surface area contributed by atoms with Gasteiger partial charge in [-0.25, -0.2) is 8.42 Å². The van der Waals surface area contributed by atoms with Crippen LogP contribution in [-0.2, 0) is 14.6 Å². The fourth-order valence-electron chi connectivity index (χ4n) is 8.30. The molecular formula is C51H114N12O3S2. The Kier molecular flexibility index (Phi) is 41.8. The fraction of sp³-hybridized carbons (Fsp3) is 1.00. The van der Waals surface area contributed by atoms with Gasteiger partial charge in [-0.2, -0.15) is 11.8 Å². The molecule has 0 spiro atoms. The van der Waals surface area contributed by atoms with Crippen molar-refractivity contribution >= 4 is 21.6 Å². The van der Waals surface area contributed by atoms with Gasteiger partial charge in [0.1, 0.15) is 0 Å². The third-order valence-electron chi connectivity index (χ3n) is 13.9. The molecule has 9 rings (SSSR count). The fourth-order valence-corrected chi connectivity index (χ4v) is 10.8. The SMILES string of the molecule is CN1CCCC(N)CC1.CN1CCCC1.CN1CCCCC1.CN1CCN(C)CC1.CN1CCNCC1.CN1CCOCC1.CN1CCS(=O)(=O)CC1.CN1CCSCC1.NC1CCCCCC1. The molecule has 0 amide bonds. The molecule has 8 aliphatic heterocycles. The number of sulfone groups is 1. The number of piperazine rings is 2. The average molecular weight is 1010 g/mol. The van der Waals surface area contributed by atoms with Crippen molar-refractivity contribution in [3.63, 3.8) is 0 Å². The average Bonchev–Trinajstić information content (AvgIpc) is 3.57. The molecule has 9 aliphatic rings. The van der Waals surface area contributed by atoms with Gasteiger partial charge < -0.3 is 65.6 Å². The number of nitrogens with two attached hydrogens (primary N) is 2. The minimum absolute atomic E-state index is 0.337. The Morgan fingerprint density at radius 3 is 1.07 bits per heavy atom. The van der Waals surface area contributed by atoms with Crippen molar-refractivity contribution in [1.29, 1.82) is 0 Å². The van der Waals surface area contributed by atoms with Crippen LogP contribution in [0.4, 0.5) is 0 Å². The van der Waals surface area contributed by atoms with Crippen LogP contribution in [0, 0.1) is 0 Å². The van der Waals surface area contributed by atoms with Gasteiger partial charge in [0.2, 0.25) is 0 Å². The molecule has 5 N–H and O–H groups in total. The highest BCUT2D eigenvalue weighted by atomic mass is 32.2. The highest BCUT2D eigenvalue weighted by Gasteiger charge is 2.18. The van der Waals surface area contributed by atoms with Crippen LogP contribution in [0.15, 0.2) is 0 Å². The van der Waals surface area contributed by atoms with E-state index in [1.54, 1.807) is 0 Å². The third kappa shape index (κ3) is 42.3. The molecule has 1 aliphatic carbocycles. The molecule has 15 nitrogen and oxygen atoms in total. The lowest BCUT2D eigenvalue weighted by atomic mass is 10.1. The lowest BCUT2D eigenvalue weighted by Gasteiger charge is -2.28. The molecule has 0 aromatic carbocycles. The molecule has 0 bridgehead atoms. The summed E-state index contributed by atoms with van der Waals surface area (Å²) in [7, 11) is 16.6. The van der Waals surface area contributed by atoms with Crippen molar-refractivity contribution in [2.24, 2.45) is 11.5 Å². The Morgan fingerprint density at radius 1 is 0.382 bits per heavy atom. The number of nitrogens with zero attached hydrogens (tertiary/aromatic N) is 9. The Balaban J connectivity index is 0.000000383. The molecule has 8 saturated heterocycles. The van der Waals surface area contributed by atoms with E-state index in [2.05, 4.69) is 113 Å². The first kappa shape index (κ1) is 65.8. The van der Waals surface area contributed by atoms with Crippen LogP contribution >= 0.6 is 11.8 Å². The van der Waals surface area contributed by atoms with Gasteiger partial charge in [0.25, 0.3) is 0 Å². The van der Waals surface area contributed by atoms with Gasteiger partial charge in [-0.05, 0) is 160 Å². The lowest BCUT2D eigenvalue weighted by molar-refractivity contribution is 0.0503. The summed E-state index contributed by atoms with van der Waals surface area (Å²) in [6.45, 7) is 25.3. The number of hydrogen-bond acceptors (Lipinski definition) is 16. The highest BCUT2D eigenvalue weighted by Crippen LogP contribution is 2.15. The second-order valence-electron chi connectivity index (χ2n) is 21.1. The third-order valence-corrected chi connectivity index (χ3v) is 16.5. The summed E-state index contributed by atoms with van der Waals surface area (Å²) in [6, 6.07) is 0.993. The summed E-state index contributed by atoms with van der Waals surface area (Å²) in [4.78, 5) is 20.8. The molecule has 0 aromatic rings. The largest absolute Gasteiger partial charge is 0.379 e. The van der Waals surface area contributed by atoms with Crippen LogP contribution in [0.3, 0.4) is 0 Å². The molecule has 8 heterocycles. The summed E-state index contributed by atoms with van der Waals surface area (Å²) in [5, 5.41) is 3.27. The number of morpholine rings is 1. The van der Waals surface area contributed by atoms with Crippen molar-refractivity contribution < 1.29 is 13.2 Å². The van der Waals surface area contributed by atoms with Crippen LogP contribution in [0.1, 0.15) is 89.9 Å².